The molecular weight excluding hydrogens is 338 g/mol. The third-order valence-corrected chi connectivity index (χ3v) is 4.74. The summed E-state index contributed by atoms with van der Waals surface area (Å²) in [6.07, 6.45) is 0.853. The van der Waals surface area contributed by atoms with Gasteiger partial charge in [0.2, 0.25) is 0 Å². The SMILES string of the molecule is Cc1cccc2cc3c(CCNCCNCCN)ccc(C(N)=O)c3nc12. The Balaban J connectivity index is 1.87. The van der Waals surface area contributed by atoms with Gasteiger partial charge in [-0.15, -0.1) is 0 Å². The first-order chi connectivity index (χ1) is 13.1. The van der Waals surface area contributed by atoms with E-state index < -0.39 is 5.91 Å². The highest BCUT2D eigenvalue weighted by Gasteiger charge is 2.13. The number of fused-ring (bicyclic) bond motifs is 2. The normalized spacial score (nSPS) is 11.3. The van der Waals surface area contributed by atoms with Gasteiger partial charge in [0.1, 0.15) is 0 Å². The monoisotopic (exact) mass is 365 g/mol. The summed E-state index contributed by atoms with van der Waals surface area (Å²) in [5.41, 5.74) is 15.4. The van der Waals surface area contributed by atoms with Crippen molar-refractivity contribution >= 4 is 27.7 Å². The molecule has 6 heteroatoms. The largest absolute Gasteiger partial charge is 0.366 e. The van der Waals surface area contributed by atoms with Crippen LogP contribution in [0.25, 0.3) is 21.8 Å². The molecule has 1 aromatic heterocycles. The first kappa shape index (κ1) is 19.2. The minimum absolute atomic E-state index is 0.448. The van der Waals surface area contributed by atoms with Crippen LogP contribution in [0.1, 0.15) is 21.5 Å². The fourth-order valence-corrected chi connectivity index (χ4v) is 3.32. The predicted octanol–water partition coefficient (Wildman–Crippen LogP) is 1.48. The third kappa shape index (κ3) is 4.42. The van der Waals surface area contributed by atoms with Crippen molar-refractivity contribution in [3.05, 3.63) is 53.1 Å². The van der Waals surface area contributed by atoms with Gasteiger partial charge in [0.15, 0.2) is 0 Å². The van der Waals surface area contributed by atoms with Gasteiger partial charge < -0.3 is 22.1 Å². The zero-order valence-corrected chi connectivity index (χ0v) is 15.7. The molecule has 0 aliphatic heterocycles. The highest BCUT2D eigenvalue weighted by atomic mass is 16.1. The second kappa shape index (κ2) is 8.90. The van der Waals surface area contributed by atoms with Crippen molar-refractivity contribution in [2.24, 2.45) is 11.5 Å². The summed E-state index contributed by atoms with van der Waals surface area (Å²) in [6.45, 7) is 6.14. The molecular formula is C21H27N5O. The quantitative estimate of drug-likeness (QED) is 0.339. The predicted molar refractivity (Wildman–Crippen MR) is 111 cm³/mol. The molecule has 2 aromatic carbocycles. The smallest absolute Gasteiger partial charge is 0.250 e. The molecule has 6 nitrogen and oxygen atoms in total. The number of carbonyl (C=O) groups excluding carboxylic acids is 1. The lowest BCUT2D eigenvalue weighted by molar-refractivity contribution is 0.100. The summed E-state index contributed by atoms with van der Waals surface area (Å²) in [4.78, 5) is 16.7. The van der Waals surface area contributed by atoms with Gasteiger partial charge in [0, 0.05) is 37.0 Å². The Kier molecular flexibility index (Phi) is 6.34. The van der Waals surface area contributed by atoms with E-state index in [0.29, 0.717) is 17.6 Å². The van der Waals surface area contributed by atoms with Crippen LogP contribution in [-0.4, -0.2) is 43.6 Å². The van der Waals surface area contributed by atoms with E-state index in [2.05, 4.69) is 22.8 Å². The van der Waals surface area contributed by atoms with E-state index in [1.165, 1.54) is 0 Å². The Morgan fingerprint density at radius 3 is 2.56 bits per heavy atom. The first-order valence-electron chi connectivity index (χ1n) is 9.35. The molecule has 1 heterocycles. The molecule has 3 aromatic rings. The van der Waals surface area contributed by atoms with Gasteiger partial charge in [-0.25, -0.2) is 4.98 Å². The fourth-order valence-electron chi connectivity index (χ4n) is 3.32. The molecule has 0 saturated carbocycles. The fraction of sp³-hybridized carbons (Fsp3) is 0.333. The van der Waals surface area contributed by atoms with Crippen LogP contribution in [0.4, 0.5) is 0 Å². The summed E-state index contributed by atoms with van der Waals surface area (Å²) in [5.74, 6) is -0.448. The molecule has 142 valence electrons. The van der Waals surface area contributed by atoms with E-state index in [9.17, 15) is 4.79 Å². The van der Waals surface area contributed by atoms with Crippen LogP contribution in [0.2, 0.25) is 0 Å². The van der Waals surface area contributed by atoms with Crippen LogP contribution in [0.5, 0.6) is 0 Å². The number of nitrogens with one attached hydrogen (secondary N) is 2. The van der Waals surface area contributed by atoms with Crippen molar-refractivity contribution in [3.8, 4) is 0 Å². The number of amides is 1. The van der Waals surface area contributed by atoms with Crippen LogP contribution in [0.3, 0.4) is 0 Å². The average molecular weight is 365 g/mol. The highest BCUT2D eigenvalue weighted by molar-refractivity contribution is 6.08. The Bertz CT molecular complexity index is 954. The maximum absolute atomic E-state index is 11.9. The van der Waals surface area contributed by atoms with Crippen LogP contribution in [0.15, 0.2) is 36.4 Å². The van der Waals surface area contributed by atoms with Crippen molar-refractivity contribution in [3.63, 3.8) is 0 Å². The molecule has 1 amide bonds. The van der Waals surface area contributed by atoms with E-state index in [1.54, 1.807) is 6.07 Å². The van der Waals surface area contributed by atoms with Crippen LogP contribution in [0, 0.1) is 6.92 Å². The zero-order chi connectivity index (χ0) is 19.2. The number of benzene rings is 2. The summed E-state index contributed by atoms with van der Waals surface area (Å²) in [5, 5.41) is 8.75. The molecule has 3 rings (SSSR count). The van der Waals surface area contributed by atoms with Gasteiger partial charge in [-0.1, -0.05) is 24.3 Å². The van der Waals surface area contributed by atoms with E-state index in [1.807, 2.05) is 25.1 Å². The number of nitrogens with two attached hydrogens (primary N) is 2. The van der Waals surface area contributed by atoms with Crippen molar-refractivity contribution < 1.29 is 4.79 Å². The summed E-state index contributed by atoms with van der Waals surface area (Å²) >= 11 is 0. The van der Waals surface area contributed by atoms with Crippen molar-refractivity contribution in [1.29, 1.82) is 0 Å². The number of carbonyl (C=O) groups is 1. The van der Waals surface area contributed by atoms with E-state index in [-0.39, 0.29) is 0 Å². The van der Waals surface area contributed by atoms with Crippen LogP contribution in [-0.2, 0) is 6.42 Å². The molecule has 0 bridgehead atoms. The lowest BCUT2D eigenvalue weighted by Crippen LogP contribution is -2.31. The lowest BCUT2D eigenvalue weighted by atomic mass is 9.98. The minimum atomic E-state index is -0.448. The maximum atomic E-state index is 11.9. The number of hydrogen-bond donors (Lipinski definition) is 4. The number of para-hydroxylation sites is 1. The van der Waals surface area contributed by atoms with E-state index in [4.69, 9.17) is 16.5 Å². The number of hydrogen-bond acceptors (Lipinski definition) is 5. The number of pyridine rings is 1. The number of nitrogens with zero attached hydrogens (tertiary/aromatic N) is 1. The molecule has 0 aliphatic carbocycles. The van der Waals surface area contributed by atoms with Gasteiger partial charge in [-0.2, -0.15) is 0 Å². The van der Waals surface area contributed by atoms with Crippen LogP contribution >= 0.6 is 0 Å². The summed E-state index contributed by atoms with van der Waals surface area (Å²) in [6, 6.07) is 12.0. The minimum Gasteiger partial charge on any atom is -0.366 e. The van der Waals surface area contributed by atoms with Gasteiger partial charge in [-0.3, -0.25) is 4.79 Å². The second-order valence-electron chi connectivity index (χ2n) is 6.71. The number of aryl methyl sites for hydroxylation is 1. The molecule has 0 aliphatic rings. The van der Waals surface area contributed by atoms with Crippen molar-refractivity contribution in [2.75, 3.05) is 32.7 Å². The van der Waals surface area contributed by atoms with Gasteiger partial charge in [-0.05, 0) is 43.1 Å². The Morgan fingerprint density at radius 1 is 1.04 bits per heavy atom. The van der Waals surface area contributed by atoms with E-state index in [0.717, 1.165) is 60.0 Å². The van der Waals surface area contributed by atoms with Gasteiger partial charge >= 0.3 is 0 Å². The highest BCUT2D eigenvalue weighted by Crippen LogP contribution is 2.27. The standard InChI is InChI=1S/C21H27N5O/c1-14-3-2-4-16-13-18-15(7-9-24-11-12-25-10-8-22)5-6-17(21(23)27)20(18)26-19(14)16/h2-6,13,24-25H,7-12,22H2,1H3,(H2,23,27). The van der Waals surface area contributed by atoms with Gasteiger partial charge in [0.05, 0.1) is 16.6 Å². The maximum Gasteiger partial charge on any atom is 0.250 e. The summed E-state index contributed by atoms with van der Waals surface area (Å²) < 4.78 is 0. The molecule has 0 radical (unpaired) electrons. The topological polar surface area (TPSA) is 106 Å². The molecule has 27 heavy (non-hydrogen) atoms. The molecule has 6 N–H and O–H groups in total. The molecule has 0 fully saturated rings. The second-order valence-corrected chi connectivity index (χ2v) is 6.71. The Labute approximate surface area is 159 Å². The summed E-state index contributed by atoms with van der Waals surface area (Å²) in [7, 11) is 0. The Morgan fingerprint density at radius 2 is 1.81 bits per heavy atom. The average Bonchev–Trinajstić information content (AvgIpc) is 2.66. The molecule has 0 spiro atoms. The molecule has 0 unspecified atom stereocenters. The first-order valence-corrected chi connectivity index (χ1v) is 9.35. The van der Waals surface area contributed by atoms with E-state index >= 15 is 0 Å². The number of aromatic nitrogens is 1. The number of rotatable bonds is 9. The Hall–Kier alpha value is -2.54. The zero-order valence-electron chi connectivity index (χ0n) is 15.7. The lowest BCUT2D eigenvalue weighted by Gasteiger charge is -2.12. The van der Waals surface area contributed by atoms with Crippen molar-refractivity contribution in [1.82, 2.24) is 15.6 Å². The third-order valence-electron chi connectivity index (χ3n) is 4.74. The van der Waals surface area contributed by atoms with Crippen LogP contribution < -0.4 is 22.1 Å². The number of primary amides is 1. The molecule has 0 saturated heterocycles. The molecule has 0 atom stereocenters. The van der Waals surface area contributed by atoms with Crippen molar-refractivity contribution in [2.45, 2.75) is 13.3 Å². The van der Waals surface area contributed by atoms with Gasteiger partial charge in [0.25, 0.3) is 5.91 Å².